The van der Waals surface area contributed by atoms with Crippen molar-refractivity contribution >= 4 is 9.84 Å². The quantitative estimate of drug-likeness (QED) is 0.794. The minimum absolute atomic E-state index is 0.0130. The van der Waals surface area contributed by atoms with E-state index in [2.05, 4.69) is 15.3 Å². The van der Waals surface area contributed by atoms with Crippen molar-refractivity contribution in [2.45, 2.75) is 32.2 Å². The second-order valence-electron chi connectivity index (χ2n) is 5.12. The highest BCUT2D eigenvalue weighted by atomic mass is 32.2. The van der Waals surface area contributed by atoms with E-state index in [-0.39, 0.29) is 17.4 Å². The highest BCUT2D eigenvalue weighted by molar-refractivity contribution is 7.91. The van der Waals surface area contributed by atoms with Crippen LogP contribution in [0.5, 0.6) is 0 Å². The van der Waals surface area contributed by atoms with Crippen molar-refractivity contribution in [3.8, 4) is 0 Å². The molecule has 5 nitrogen and oxygen atoms in total. The molecule has 0 spiro atoms. The van der Waals surface area contributed by atoms with Crippen LogP contribution in [0, 0.1) is 6.92 Å². The van der Waals surface area contributed by atoms with Gasteiger partial charge in [0.25, 0.3) is 0 Å². The lowest BCUT2D eigenvalue weighted by Crippen LogP contribution is -2.27. The third-order valence-corrected chi connectivity index (χ3v) is 5.53. The molecule has 0 aliphatic carbocycles. The summed E-state index contributed by atoms with van der Waals surface area (Å²) in [6.07, 6.45) is 1.62. The first-order chi connectivity index (χ1) is 8.55. The molecule has 2 aliphatic rings. The number of aryl methyl sites for hydroxylation is 1. The molecular weight excluding hydrogens is 250 g/mol. The maximum atomic E-state index is 11.5. The number of hydrogen-bond acceptors (Lipinski definition) is 5. The summed E-state index contributed by atoms with van der Waals surface area (Å²) in [6.45, 7) is 3.73. The minimum atomic E-state index is -2.87. The first-order valence-electron chi connectivity index (χ1n) is 6.32. The third kappa shape index (κ3) is 2.14. The van der Waals surface area contributed by atoms with Gasteiger partial charge in [-0.2, -0.15) is 0 Å². The van der Waals surface area contributed by atoms with Gasteiger partial charge in [0.15, 0.2) is 9.84 Å². The first kappa shape index (κ1) is 12.0. The molecule has 0 radical (unpaired) electrons. The number of rotatable bonds is 1. The Morgan fingerprint density at radius 1 is 1.33 bits per heavy atom. The van der Waals surface area contributed by atoms with Crippen LogP contribution >= 0.6 is 0 Å². The molecule has 1 saturated heterocycles. The van der Waals surface area contributed by atoms with Gasteiger partial charge in [0.1, 0.15) is 5.82 Å². The molecule has 0 saturated carbocycles. The fourth-order valence-electron chi connectivity index (χ4n) is 2.75. The predicted octanol–water partition coefficient (Wildman–Crippen LogP) is 0.333. The SMILES string of the molecule is Cc1nc(C2CCS(=O)(=O)C2)nc2c1CCNC2. The fraction of sp³-hybridized carbons (Fsp3) is 0.667. The smallest absolute Gasteiger partial charge is 0.151 e. The van der Waals surface area contributed by atoms with Gasteiger partial charge in [-0.05, 0) is 31.9 Å². The Morgan fingerprint density at radius 3 is 2.89 bits per heavy atom. The van der Waals surface area contributed by atoms with Crippen LogP contribution in [0.15, 0.2) is 0 Å². The Morgan fingerprint density at radius 2 is 2.17 bits per heavy atom. The molecule has 1 aromatic rings. The second-order valence-corrected chi connectivity index (χ2v) is 7.35. The largest absolute Gasteiger partial charge is 0.311 e. The third-order valence-electron chi connectivity index (χ3n) is 3.76. The van der Waals surface area contributed by atoms with Crippen LogP contribution in [0.25, 0.3) is 0 Å². The van der Waals surface area contributed by atoms with E-state index >= 15 is 0 Å². The van der Waals surface area contributed by atoms with Gasteiger partial charge < -0.3 is 5.32 Å². The van der Waals surface area contributed by atoms with E-state index in [9.17, 15) is 8.42 Å². The number of nitrogens with zero attached hydrogens (tertiary/aromatic N) is 2. The average Bonchev–Trinajstić information content (AvgIpc) is 2.70. The maximum Gasteiger partial charge on any atom is 0.151 e. The molecule has 98 valence electrons. The summed E-state index contributed by atoms with van der Waals surface area (Å²) in [7, 11) is -2.87. The van der Waals surface area contributed by atoms with Crippen LogP contribution in [0.4, 0.5) is 0 Å². The molecule has 18 heavy (non-hydrogen) atoms. The summed E-state index contributed by atoms with van der Waals surface area (Å²) in [6, 6.07) is 0. The molecule has 6 heteroatoms. The van der Waals surface area contributed by atoms with Crippen molar-refractivity contribution in [1.29, 1.82) is 0 Å². The standard InChI is InChI=1S/C12H17N3O2S/c1-8-10-2-4-13-6-11(10)15-12(14-8)9-3-5-18(16,17)7-9/h9,13H,2-7H2,1H3. The topological polar surface area (TPSA) is 72.0 Å². The lowest BCUT2D eigenvalue weighted by molar-refractivity contribution is 0.595. The second kappa shape index (κ2) is 4.28. The van der Waals surface area contributed by atoms with Gasteiger partial charge in [0.05, 0.1) is 17.2 Å². The average molecular weight is 267 g/mol. The Bertz CT molecular complexity index is 583. The summed E-state index contributed by atoms with van der Waals surface area (Å²) in [5.74, 6) is 1.19. The van der Waals surface area contributed by atoms with Gasteiger partial charge in [-0.1, -0.05) is 0 Å². The van der Waals surface area contributed by atoms with E-state index in [1.165, 1.54) is 5.56 Å². The number of aromatic nitrogens is 2. The van der Waals surface area contributed by atoms with Gasteiger partial charge in [0, 0.05) is 18.2 Å². The van der Waals surface area contributed by atoms with Crippen molar-refractivity contribution in [3.63, 3.8) is 0 Å². The van der Waals surface area contributed by atoms with Crippen molar-refractivity contribution < 1.29 is 8.42 Å². The number of hydrogen-bond donors (Lipinski definition) is 1. The number of fused-ring (bicyclic) bond motifs is 1. The molecule has 1 atom stereocenters. The molecule has 1 unspecified atom stereocenters. The van der Waals surface area contributed by atoms with Crippen LogP contribution in [0.1, 0.15) is 35.1 Å². The highest BCUT2D eigenvalue weighted by Crippen LogP contribution is 2.28. The normalized spacial score (nSPS) is 25.9. The van der Waals surface area contributed by atoms with E-state index in [0.29, 0.717) is 6.42 Å². The Balaban J connectivity index is 1.96. The molecule has 0 bridgehead atoms. The van der Waals surface area contributed by atoms with Crippen molar-refractivity contribution in [1.82, 2.24) is 15.3 Å². The van der Waals surface area contributed by atoms with Crippen LogP contribution in [-0.2, 0) is 22.8 Å². The van der Waals surface area contributed by atoms with Crippen molar-refractivity contribution in [2.75, 3.05) is 18.1 Å². The van der Waals surface area contributed by atoms with E-state index in [1.54, 1.807) is 0 Å². The predicted molar refractivity (Wildman–Crippen MR) is 68.2 cm³/mol. The van der Waals surface area contributed by atoms with Gasteiger partial charge >= 0.3 is 0 Å². The summed E-state index contributed by atoms with van der Waals surface area (Å²) < 4.78 is 23.0. The lowest BCUT2D eigenvalue weighted by atomic mass is 10.0. The fourth-order valence-corrected chi connectivity index (χ4v) is 4.49. The van der Waals surface area contributed by atoms with Crippen LogP contribution < -0.4 is 5.32 Å². The van der Waals surface area contributed by atoms with Crippen LogP contribution in [0.3, 0.4) is 0 Å². The molecule has 3 heterocycles. The van der Waals surface area contributed by atoms with Crippen molar-refractivity contribution in [3.05, 3.63) is 22.8 Å². The van der Waals surface area contributed by atoms with Crippen molar-refractivity contribution in [2.24, 2.45) is 0 Å². The molecule has 0 aromatic carbocycles. The molecule has 1 aromatic heterocycles. The van der Waals surface area contributed by atoms with Gasteiger partial charge in [-0.25, -0.2) is 18.4 Å². The van der Waals surface area contributed by atoms with Gasteiger partial charge in [-0.3, -0.25) is 0 Å². The van der Waals surface area contributed by atoms with E-state index in [1.807, 2.05) is 6.92 Å². The molecule has 1 fully saturated rings. The van der Waals surface area contributed by atoms with Gasteiger partial charge in [0.2, 0.25) is 0 Å². The van der Waals surface area contributed by atoms with E-state index in [4.69, 9.17) is 0 Å². The number of sulfone groups is 1. The molecule has 2 aliphatic heterocycles. The van der Waals surface area contributed by atoms with Crippen LogP contribution in [-0.4, -0.2) is 36.4 Å². The maximum absolute atomic E-state index is 11.5. The zero-order valence-electron chi connectivity index (χ0n) is 10.4. The van der Waals surface area contributed by atoms with Gasteiger partial charge in [-0.15, -0.1) is 0 Å². The summed E-state index contributed by atoms with van der Waals surface area (Å²) in [4.78, 5) is 9.11. The number of nitrogens with one attached hydrogen (secondary N) is 1. The summed E-state index contributed by atoms with van der Waals surface area (Å²) in [5, 5.41) is 3.29. The highest BCUT2D eigenvalue weighted by Gasteiger charge is 2.31. The van der Waals surface area contributed by atoms with Crippen LogP contribution in [0.2, 0.25) is 0 Å². The zero-order chi connectivity index (χ0) is 12.8. The molecule has 0 amide bonds. The summed E-state index contributed by atoms with van der Waals surface area (Å²) >= 11 is 0. The zero-order valence-corrected chi connectivity index (χ0v) is 11.3. The summed E-state index contributed by atoms with van der Waals surface area (Å²) in [5.41, 5.74) is 3.30. The molecule has 3 rings (SSSR count). The monoisotopic (exact) mass is 267 g/mol. The lowest BCUT2D eigenvalue weighted by Gasteiger charge is -2.19. The molecule has 1 N–H and O–H groups in total. The Kier molecular flexibility index (Phi) is 2.86. The minimum Gasteiger partial charge on any atom is -0.311 e. The molecular formula is C12H17N3O2S. The first-order valence-corrected chi connectivity index (χ1v) is 8.15. The van der Waals surface area contributed by atoms with E-state index in [0.717, 1.165) is 36.7 Å². The van der Waals surface area contributed by atoms with E-state index < -0.39 is 9.84 Å². The Hall–Kier alpha value is -1.01. The Labute approximate surface area is 107 Å².